The van der Waals surface area contributed by atoms with Crippen LogP contribution in [0.25, 0.3) is 22.5 Å². The third-order valence-electron chi connectivity index (χ3n) is 8.81. The number of unbranched alkanes of at least 4 members (excludes halogenated alkanes) is 1. The van der Waals surface area contributed by atoms with Crippen LogP contribution in [-0.4, -0.2) is 35.3 Å². The molecule has 228 valence electrons. The summed E-state index contributed by atoms with van der Waals surface area (Å²) in [6, 6.07) is 18.4. The average Bonchev–Trinajstić information content (AvgIpc) is 3.73. The summed E-state index contributed by atoms with van der Waals surface area (Å²) in [6.07, 6.45) is 3.29. The Morgan fingerprint density at radius 2 is 1.71 bits per heavy atom. The van der Waals surface area contributed by atoms with Crippen LogP contribution < -0.4 is 40.2 Å². The summed E-state index contributed by atoms with van der Waals surface area (Å²) >= 11 is 1.67. The van der Waals surface area contributed by atoms with Crippen LogP contribution in [0.5, 0.6) is 0 Å². The summed E-state index contributed by atoms with van der Waals surface area (Å²) in [6.45, 7) is 12.7. The maximum Gasteiger partial charge on any atom is 1.00 e. The summed E-state index contributed by atoms with van der Waals surface area (Å²) in [5.74, 6) is 1.22. The van der Waals surface area contributed by atoms with E-state index in [4.69, 9.17) is 4.98 Å². The number of benzene rings is 2. The van der Waals surface area contributed by atoms with Gasteiger partial charge >= 0.3 is 29.6 Å². The van der Waals surface area contributed by atoms with E-state index in [2.05, 4.69) is 57.9 Å². The second kappa shape index (κ2) is 13.0. The van der Waals surface area contributed by atoms with Gasteiger partial charge < -0.3 is 10.3 Å². The van der Waals surface area contributed by atoms with Crippen molar-refractivity contribution >= 4 is 11.3 Å². The van der Waals surface area contributed by atoms with Crippen molar-refractivity contribution < 1.29 is 34.8 Å². The van der Waals surface area contributed by atoms with Gasteiger partial charge in [0.2, 0.25) is 0 Å². The van der Waals surface area contributed by atoms with Gasteiger partial charge in [-0.25, -0.2) is 4.98 Å². The third kappa shape index (κ3) is 6.12. The van der Waals surface area contributed by atoms with E-state index < -0.39 is 11.1 Å². The van der Waals surface area contributed by atoms with Crippen molar-refractivity contribution in [3.63, 3.8) is 0 Å². The molecular weight excluding hydrogens is 593 g/mol. The molecule has 6 rings (SSSR count). The minimum absolute atomic E-state index is 0. The Morgan fingerprint density at radius 3 is 2.36 bits per heavy atom. The summed E-state index contributed by atoms with van der Waals surface area (Å²) < 4.78 is 1.81. The molecule has 4 heterocycles. The minimum Gasteiger partial charge on any atom is -0.330 e. The third-order valence-corrected chi connectivity index (χ3v) is 10.2. The Bertz CT molecular complexity index is 1830. The SMILES string of the molecule is CCCCc1nc(C)n(Cc2cc3c(s2)C(C)(C)N(O)C3(C)C)c(=O)c1Cc1ccc(-c2ccccc2-c2nnn[n-]2)cc1.[Na+]. The molecule has 1 N–H and O–H groups in total. The zero-order chi connectivity index (χ0) is 31.2. The quantitative estimate of drug-likeness (QED) is 0.247. The summed E-state index contributed by atoms with van der Waals surface area (Å²) in [4.78, 5) is 21.4. The number of thiophene rings is 1. The van der Waals surface area contributed by atoms with Crippen LogP contribution >= 0.6 is 11.3 Å². The molecule has 0 radical (unpaired) electrons. The Kier molecular flexibility index (Phi) is 9.66. The first-order valence-corrected chi connectivity index (χ1v) is 15.9. The van der Waals surface area contributed by atoms with Gasteiger partial charge in [-0.05, 0) is 81.3 Å². The van der Waals surface area contributed by atoms with Gasteiger partial charge in [-0.3, -0.25) is 19.7 Å². The van der Waals surface area contributed by atoms with Crippen molar-refractivity contribution in [1.29, 1.82) is 0 Å². The van der Waals surface area contributed by atoms with E-state index in [9.17, 15) is 10.0 Å². The first-order valence-electron chi connectivity index (χ1n) is 15.1. The Labute approximate surface area is 290 Å². The topological polar surface area (TPSA) is 111 Å². The molecule has 0 bridgehead atoms. The number of hydrogen-bond donors (Lipinski definition) is 1. The molecule has 0 unspecified atom stereocenters. The van der Waals surface area contributed by atoms with E-state index >= 15 is 0 Å². The molecule has 9 nitrogen and oxygen atoms in total. The smallest absolute Gasteiger partial charge is 0.330 e. The van der Waals surface area contributed by atoms with E-state index in [1.54, 1.807) is 11.3 Å². The molecule has 0 saturated carbocycles. The molecule has 1 aliphatic heterocycles. The Hall–Kier alpha value is -2.99. The summed E-state index contributed by atoms with van der Waals surface area (Å²) in [7, 11) is 0. The van der Waals surface area contributed by atoms with Gasteiger partial charge in [0.15, 0.2) is 0 Å². The van der Waals surface area contributed by atoms with Gasteiger partial charge in [-0.2, -0.15) is 10.3 Å². The second-order valence-electron chi connectivity index (χ2n) is 12.6. The molecule has 0 atom stereocenters. The van der Waals surface area contributed by atoms with E-state index in [-0.39, 0.29) is 35.1 Å². The van der Waals surface area contributed by atoms with E-state index in [0.29, 0.717) is 18.8 Å². The van der Waals surface area contributed by atoms with Crippen LogP contribution in [0.2, 0.25) is 0 Å². The fraction of sp³-hybridized carbons (Fsp3) is 0.382. The molecule has 2 aromatic carbocycles. The van der Waals surface area contributed by atoms with Crippen molar-refractivity contribution in [2.24, 2.45) is 0 Å². The fourth-order valence-corrected chi connectivity index (χ4v) is 7.74. The van der Waals surface area contributed by atoms with Crippen LogP contribution in [-0.2, 0) is 30.5 Å². The van der Waals surface area contributed by atoms with Crippen molar-refractivity contribution in [2.75, 3.05) is 0 Å². The van der Waals surface area contributed by atoms with Gasteiger partial charge in [0.05, 0.1) is 23.3 Å². The van der Waals surface area contributed by atoms with Crippen LogP contribution in [0.4, 0.5) is 0 Å². The van der Waals surface area contributed by atoms with Crippen LogP contribution in [0.1, 0.15) is 85.4 Å². The van der Waals surface area contributed by atoms with Gasteiger partial charge in [-0.1, -0.05) is 61.9 Å². The van der Waals surface area contributed by atoms with E-state index in [1.165, 1.54) is 5.06 Å². The zero-order valence-electron chi connectivity index (χ0n) is 27.1. The monoisotopic (exact) mass is 631 g/mol. The van der Waals surface area contributed by atoms with Gasteiger partial charge in [-0.15, -0.1) is 11.3 Å². The molecule has 0 spiro atoms. The van der Waals surface area contributed by atoms with Crippen molar-refractivity contribution in [3.05, 3.63) is 103 Å². The number of hydroxylamine groups is 2. The van der Waals surface area contributed by atoms with Crippen LogP contribution in [0, 0.1) is 6.92 Å². The number of aromatic nitrogens is 6. The first kappa shape index (κ1) is 33.4. The predicted octanol–water partition coefficient (Wildman–Crippen LogP) is 3.25. The van der Waals surface area contributed by atoms with Gasteiger partial charge in [0.1, 0.15) is 5.82 Å². The number of nitrogens with zero attached hydrogens (tertiary/aromatic N) is 7. The molecule has 0 amide bonds. The largest absolute Gasteiger partial charge is 1.00 e. The van der Waals surface area contributed by atoms with Crippen molar-refractivity contribution in [2.45, 2.75) is 84.8 Å². The number of hydrogen-bond acceptors (Lipinski definition) is 8. The van der Waals surface area contributed by atoms with Crippen LogP contribution in [0.15, 0.2) is 59.4 Å². The molecule has 0 saturated heterocycles. The molecular formula is C34H38N7NaO2S. The minimum atomic E-state index is -0.502. The molecule has 45 heavy (non-hydrogen) atoms. The van der Waals surface area contributed by atoms with Crippen molar-refractivity contribution in [3.8, 4) is 22.5 Å². The number of tetrazole rings is 1. The predicted molar refractivity (Wildman–Crippen MR) is 172 cm³/mol. The molecule has 0 aliphatic carbocycles. The maximum absolute atomic E-state index is 14.2. The zero-order valence-corrected chi connectivity index (χ0v) is 29.9. The molecule has 1 aliphatic rings. The molecule has 0 fully saturated rings. The second-order valence-corrected chi connectivity index (χ2v) is 13.7. The molecule has 11 heteroatoms. The van der Waals surface area contributed by atoms with Gasteiger partial charge in [0, 0.05) is 27.6 Å². The van der Waals surface area contributed by atoms with E-state index in [0.717, 1.165) is 73.9 Å². The molecule has 3 aromatic heterocycles. The Balaban J connectivity index is 0.00000400. The normalized spacial score (nSPS) is 15.2. The standard InChI is InChI=1S/C34H38N7O2S.Na/c1-7-8-13-29-27(18-22-14-16-23(17-15-22)25-11-9-10-12-26(25)31-36-38-39-37-31)32(42)40(21(2)35-29)20-24-19-28-30(44-24)34(5,6)41(43)33(28,3)4;/h9-12,14-17,19,43H,7-8,13,18,20H2,1-6H3;/q-1;+1. The fourth-order valence-electron chi connectivity index (χ4n) is 6.35. The summed E-state index contributed by atoms with van der Waals surface area (Å²) in [5, 5.41) is 27.6. The maximum atomic E-state index is 14.2. The van der Waals surface area contributed by atoms with Crippen molar-refractivity contribution in [1.82, 2.24) is 35.2 Å². The first-order chi connectivity index (χ1) is 21.0. The number of fused-ring (bicyclic) bond motifs is 1. The summed E-state index contributed by atoms with van der Waals surface area (Å²) in [5.41, 5.74) is 5.72. The number of rotatable bonds is 9. The Morgan fingerprint density at radius 1 is 1.00 bits per heavy atom. The van der Waals surface area contributed by atoms with Crippen LogP contribution in [0.3, 0.4) is 0 Å². The molecule has 5 aromatic rings. The average molecular weight is 632 g/mol. The number of aryl methyl sites for hydroxylation is 2. The van der Waals surface area contributed by atoms with Gasteiger partial charge in [0.25, 0.3) is 5.56 Å². The van der Waals surface area contributed by atoms with E-state index in [1.807, 2.05) is 63.5 Å².